The van der Waals surface area contributed by atoms with Gasteiger partial charge in [0.05, 0.1) is 11.9 Å². The molecule has 2 saturated heterocycles. The lowest BCUT2D eigenvalue weighted by atomic mass is 10.2. The van der Waals surface area contributed by atoms with E-state index in [0.717, 1.165) is 51.0 Å². The van der Waals surface area contributed by atoms with Gasteiger partial charge >= 0.3 is 0 Å². The van der Waals surface area contributed by atoms with Crippen molar-refractivity contribution in [3.63, 3.8) is 0 Å². The number of halogens is 1. The van der Waals surface area contributed by atoms with E-state index in [0.29, 0.717) is 5.69 Å². The molecule has 6 nitrogen and oxygen atoms in total. The number of hydrogen-bond donors (Lipinski definition) is 0. The SMILES string of the molecule is Fc1ccccc1N1CCN(c2cnnc(N3CCCC3)n2)CC1. The van der Waals surface area contributed by atoms with Crippen molar-refractivity contribution in [3.8, 4) is 0 Å². The molecule has 0 spiro atoms. The van der Waals surface area contributed by atoms with Crippen molar-refractivity contribution in [2.24, 2.45) is 0 Å². The Labute approximate surface area is 140 Å². The predicted molar refractivity (Wildman–Crippen MR) is 92.1 cm³/mol. The molecule has 0 aliphatic carbocycles. The lowest BCUT2D eigenvalue weighted by Gasteiger charge is -2.36. The van der Waals surface area contributed by atoms with E-state index in [-0.39, 0.29) is 5.82 Å². The summed E-state index contributed by atoms with van der Waals surface area (Å²) in [6.07, 6.45) is 4.10. The summed E-state index contributed by atoms with van der Waals surface area (Å²) in [6.45, 7) is 5.14. The smallest absolute Gasteiger partial charge is 0.247 e. The second-order valence-corrected chi connectivity index (χ2v) is 6.23. The number of anilines is 3. The molecule has 3 heterocycles. The highest BCUT2D eigenvalue weighted by atomic mass is 19.1. The Morgan fingerprint density at radius 3 is 2.29 bits per heavy atom. The number of nitrogens with zero attached hydrogens (tertiary/aromatic N) is 6. The first-order valence-corrected chi connectivity index (χ1v) is 8.50. The highest BCUT2D eigenvalue weighted by Gasteiger charge is 2.22. The number of para-hydroxylation sites is 1. The Hall–Kier alpha value is -2.44. The fourth-order valence-corrected chi connectivity index (χ4v) is 3.37. The van der Waals surface area contributed by atoms with E-state index in [2.05, 4.69) is 29.9 Å². The minimum absolute atomic E-state index is 0.161. The molecule has 0 N–H and O–H groups in total. The summed E-state index contributed by atoms with van der Waals surface area (Å²) in [6, 6.07) is 6.95. The Morgan fingerprint density at radius 2 is 1.54 bits per heavy atom. The van der Waals surface area contributed by atoms with Crippen LogP contribution in [-0.4, -0.2) is 54.4 Å². The van der Waals surface area contributed by atoms with E-state index >= 15 is 0 Å². The first-order valence-electron chi connectivity index (χ1n) is 8.50. The summed E-state index contributed by atoms with van der Waals surface area (Å²) in [5, 5.41) is 8.29. The van der Waals surface area contributed by atoms with Gasteiger partial charge in [0, 0.05) is 39.3 Å². The molecule has 126 valence electrons. The van der Waals surface area contributed by atoms with Crippen molar-refractivity contribution in [2.75, 3.05) is 54.0 Å². The van der Waals surface area contributed by atoms with Gasteiger partial charge in [0.25, 0.3) is 0 Å². The summed E-state index contributed by atoms with van der Waals surface area (Å²) in [5.41, 5.74) is 0.677. The lowest BCUT2D eigenvalue weighted by molar-refractivity contribution is 0.595. The van der Waals surface area contributed by atoms with Crippen LogP contribution in [0.5, 0.6) is 0 Å². The third-order valence-electron chi connectivity index (χ3n) is 4.72. The van der Waals surface area contributed by atoms with Gasteiger partial charge < -0.3 is 14.7 Å². The van der Waals surface area contributed by atoms with Crippen molar-refractivity contribution < 1.29 is 4.39 Å². The van der Waals surface area contributed by atoms with Crippen molar-refractivity contribution >= 4 is 17.5 Å². The van der Waals surface area contributed by atoms with Crippen molar-refractivity contribution in [1.29, 1.82) is 0 Å². The third-order valence-corrected chi connectivity index (χ3v) is 4.72. The molecule has 7 heteroatoms. The summed E-state index contributed by atoms with van der Waals surface area (Å²) in [7, 11) is 0. The van der Waals surface area contributed by atoms with Crippen LogP contribution in [-0.2, 0) is 0 Å². The molecule has 2 aromatic rings. The van der Waals surface area contributed by atoms with Gasteiger partial charge in [-0.1, -0.05) is 12.1 Å². The number of rotatable bonds is 3. The molecule has 4 rings (SSSR count). The van der Waals surface area contributed by atoms with E-state index in [4.69, 9.17) is 0 Å². The van der Waals surface area contributed by atoms with Crippen LogP contribution in [0.1, 0.15) is 12.8 Å². The highest BCUT2D eigenvalue weighted by Crippen LogP contribution is 2.23. The molecular weight excluding hydrogens is 307 g/mol. The van der Waals surface area contributed by atoms with Gasteiger partial charge in [-0.15, -0.1) is 5.10 Å². The van der Waals surface area contributed by atoms with Crippen LogP contribution in [0.15, 0.2) is 30.5 Å². The maximum Gasteiger partial charge on any atom is 0.247 e. The topological polar surface area (TPSA) is 48.4 Å². The van der Waals surface area contributed by atoms with Crippen molar-refractivity contribution in [2.45, 2.75) is 12.8 Å². The van der Waals surface area contributed by atoms with Crippen LogP contribution in [0.2, 0.25) is 0 Å². The Morgan fingerprint density at radius 1 is 0.833 bits per heavy atom. The van der Waals surface area contributed by atoms with Crippen LogP contribution in [0.25, 0.3) is 0 Å². The van der Waals surface area contributed by atoms with E-state index in [1.165, 1.54) is 18.9 Å². The second-order valence-electron chi connectivity index (χ2n) is 6.23. The third kappa shape index (κ3) is 2.98. The second kappa shape index (κ2) is 6.59. The largest absolute Gasteiger partial charge is 0.366 e. The van der Waals surface area contributed by atoms with Gasteiger partial charge in [-0.2, -0.15) is 10.1 Å². The summed E-state index contributed by atoms with van der Waals surface area (Å²) >= 11 is 0. The zero-order valence-corrected chi connectivity index (χ0v) is 13.6. The predicted octanol–water partition coefficient (Wildman–Crippen LogP) is 1.94. The Bertz CT molecular complexity index is 695. The van der Waals surface area contributed by atoms with Crippen LogP contribution in [0, 0.1) is 5.82 Å². The molecule has 1 aromatic heterocycles. The molecular formula is C17H21FN6. The zero-order valence-electron chi connectivity index (χ0n) is 13.6. The normalized spacial score (nSPS) is 18.3. The molecule has 0 saturated carbocycles. The maximum absolute atomic E-state index is 13.9. The summed E-state index contributed by atoms with van der Waals surface area (Å²) in [4.78, 5) is 11.2. The molecule has 2 aliphatic rings. The summed E-state index contributed by atoms with van der Waals surface area (Å²) in [5.74, 6) is 1.42. The number of aromatic nitrogens is 3. The Balaban J connectivity index is 1.44. The monoisotopic (exact) mass is 328 g/mol. The molecule has 0 amide bonds. The lowest BCUT2D eigenvalue weighted by Crippen LogP contribution is -2.47. The number of benzene rings is 1. The quantitative estimate of drug-likeness (QED) is 0.858. The van der Waals surface area contributed by atoms with Crippen LogP contribution in [0.4, 0.5) is 21.8 Å². The van der Waals surface area contributed by atoms with Gasteiger partial charge in [0.1, 0.15) is 5.82 Å². The molecule has 2 aliphatic heterocycles. The molecule has 0 atom stereocenters. The maximum atomic E-state index is 13.9. The molecule has 0 radical (unpaired) electrons. The number of hydrogen-bond acceptors (Lipinski definition) is 6. The Kier molecular flexibility index (Phi) is 4.15. The first kappa shape index (κ1) is 15.1. The van der Waals surface area contributed by atoms with Crippen LogP contribution >= 0.6 is 0 Å². The van der Waals surface area contributed by atoms with Gasteiger partial charge in [0.2, 0.25) is 5.95 Å². The minimum atomic E-state index is -0.161. The van der Waals surface area contributed by atoms with Gasteiger partial charge in [-0.05, 0) is 25.0 Å². The first-order chi connectivity index (χ1) is 11.8. The molecule has 0 unspecified atom stereocenters. The van der Waals surface area contributed by atoms with Gasteiger partial charge in [0.15, 0.2) is 5.82 Å². The molecule has 0 bridgehead atoms. The minimum Gasteiger partial charge on any atom is -0.366 e. The zero-order chi connectivity index (χ0) is 16.4. The molecule has 1 aromatic carbocycles. The highest BCUT2D eigenvalue weighted by molar-refractivity contribution is 5.50. The van der Waals surface area contributed by atoms with Crippen LogP contribution < -0.4 is 14.7 Å². The fraction of sp³-hybridized carbons (Fsp3) is 0.471. The van der Waals surface area contributed by atoms with Crippen molar-refractivity contribution in [1.82, 2.24) is 15.2 Å². The molecule has 24 heavy (non-hydrogen) atoms. The summed E-state index contributed by atoms with van der Waals surface area (Å²) < 4.78 is 13.9. The average molecular weight is 328 g/mol. The average Bonchev–Trinajstić information content (AvgIpc) is 3.17. The van der Waals surface area contributed by atoms with E-state index in [9.17, 15) is 4.39 Å². The van der Waals surface area contributed by atoms with Gasteiger partial charge in [-0.3, -0.25) is 0 Å². The fourth-order valence-electron chi connectivity index (χ4n) is 3.37. The van der Waals surface area contributed by atoms with E-state index in [1.807, 2.05) is 12.1 Å². The van der Waals surface area contributed by atoms with Gasteiger partial charge in [-0.25, -0.2) is 4.39 Å². The standard InChI is InChI=1S/C17H21FN6/c18-14-5-1-2-6-15(14)22-9-11-23(12-10-22)16-13-19-21-17(20-16)24-7-3-4-8-24/h1-2,5-6,13H,3-4,7-12H2. The van der Waals surface area contributed by atoms with E-state index in [1.54, 1.807) is 12.3 Å². The van der Waals surface area contributed by atoms with Crippen molar-refractivity contribution in [3.05, 3.63) is 36.3 Å². The molecule has 2 fully saturated rings. The van der Waals surface area contributed by atoms with E-state index < -0.39 is 0 Å². The number of piperazine rings is 1. The van der Waals surface area contributed by atoms with Crippen LogP contribution in [0.3, 0.4) is 0 Å².